The zero-order valence-corrected chi connectivity index (χ0v) is 13.4. The molecule has 1 saturated carbocycles. The van der Waals surface area contributed by atoms with Crippen molar-refractivity contribution < 1.29 is 19.0 Å². The first-order valence-electron chi connectivity index (χ1n) is 8.34. The molecule has 0 amide bonds. The summed E-state index contributed by atoms with van der Waals surface area (Å²) in [5.41, 5.74) is 0. The lowest BCUT2D eigenvalue weighted by atomic mass is 9.79. The van der Waals surface area contributed by atoms with Gasteiger partial charge in [0.1, 0.15) is 0 Å². The van der Waals surface area contributed by atoms with E-state index >= 15 is 0 Å². The molecule has 2 aliphatic rings. The molecule has 2 fully saturated rings. The van der Waals surface area contributed by atoms with Crippen LogP contribution in [-0.4, -0.2) is 44.7 Å². The topological polar surface area (TPSA) is 56.8 Å². The second-order valence-electron chi connectivity index (χ2n) is 6.06. The highest BCUT2D eigenvalue weighted by atomic mass is 16.7. The molecule has 1 saturated heterocycles. The van der Waals surface area contributed by atoms with Gasteiger partial charge in [-0.25, -0.2) is 0 Å². The molecular weight excluding hydrogens is 270 g/mol. The number of hydrogen-bond donors (Lipinski definition) is 1. The molecule has 0 radical (unpaired) electrons. The standard InChI is InChI=1S/C16H29NO4/c1-3-17-12-14(15(18)19-4-2)10-13-6-5-7-16(11-13)20-8-9-21-16/h13-14,17H,3-12H2,1-2H3. The molecule has 1 aliphatic heterocycles. The lowest BCUT2D eigenvalue weighted by molar-refractivity contribution is -0.188. The molecule has 0 bridgehead atoms. The molecule has 1 heterocycles. The first kappa shape index (κ1) is 16.7. The number of esters is 1. The van der Waals surface area contributed by atoms with Crippen LogP contribution in [0.15, 0.2) is 0 Å². The number of rotatable bonds is 7. The highest BCUT2D eigenvalue weighted by Gasteiger charge is 2.42. The molecule has 1 aliphatic carbocycles. The third-order valence-corrected chi connectivity index (χ3v) is 4.46. The molecule has 122 valence electrons. The van der Waals surface area contributed by atoms with Gasteiger partial charge in [-0.2, -0.15) is 0 Å². The Labute approximate surface area is 127 Å². The van der Waals surface area contributed by atoms with E-state index in [9.17, 15) is 4.79 Å². The van der Waals surface area contributed by atoms with Crippen LogP contribution in [0.1, 0.15) is 46.0 Å². The Bertz CT molecular complexity index is 328. The number of hydrogen-bond acceptors (Lipinski definition) is 5. The van der Waals surface area contributed by atoms with Gasteiger partial charge in [-0.15, -0.1) is 0 Å². The van der Waals surface area contributed by atoms with E-state index in [0.717, 1.165) is 38.6 Å². The monoisotopic (exact) mass is 299 g/mol. The Hall–Kier alpha value is -0.650. The van der Waals surface area contributed by atoms with Crippen molar-refractivity contribution in [2.75, 3.05) is 32.9 Å². The maximum atomic E-state index is 12.1. The van der Waals surface area contributed by atoms with Crippen molar-refractivity contribution in [1.29, 1.82) is 0 Å². The highest BCUT2D eigenvalue weighted by Crippen LogP contribution is 2.41. The summed E-state index contributed by atoms with van der Waals surface area (Å²) in [6, 6.07) is 0. The fourth-order valence-electron chi connectivity index (χ4n) is 3.51. The van der Waals surface area contributed by atoms with Crippen molar-refractivity contribution in [2.45, 2.75) is 51.7 Å². The Morgan fingerprint density at radius 2 is 2.14 bits per heavy atom. The van der Waals surface area contributed by atoms with Crippen molar-refractivity contribution in [3.63, 3.8) is 0 Å². The van der Waals surface area contributed by atoms with Crippen LogP contribution < -0.4 is 5.32 Å². The maximum Gasteiger partial charge on any atom is 0.310 e. The van der Waals surface area contributed by atoms with Gasteiger partial charge in [-0.3, -0.25) is 4.79 Å². The smallest absolute Gasteiger partial charge is 0.310 e. The van der Waals surface area contributed by atoms with E-state index in [1.54, 1.807) is 0 Å². The fourth-order valence-corrected chi connectivity index (χ4v) is 3.51. The SMILES string of the molecule is CCNCC(CC1CCCC2(C1)OCCO2)C(=O)OCC. The highest BCUT2D eigenvalue weighted by molar-refractivity contribution is 5.72. The van der Waals surface area contributed by atoms with E-state index in [1.807, 2.05) is 6.92 Å². The molecule has 2 rings (SSSR count). The predicted molar refractivity (Wildman–Crippen MR) is 79.9 cm³/mol. The summed E-state index contributed by atoms with van der Waals surface area (Å²) in [6.07, 6.45) is 5.02. The van der Waals surface area contributed by atoms with Crippen LogP contribution in [0, 0.1) is 11.8 Å². The Morgan fingerprint density at radius 1 is 1.38 bits per heavy atom. The van der Waals surface area contributed by atoms with Crippen molar-refractivity contribution in [1.82, 2.24) is 5.32 Å². The third-order valence-electron chi connectivity index (χ3n) is 4.46. The molecule has 1 N–H and O–H groups in total. The van der Waals surface area contributed by atoms with Crippen molar-refractivity contribution in [3.8, 4) is 0 Å². The van der Waals surface area contributed by atoms with E-state index in [0.29, 0.717) is 32.3 Å². The van der Waals surface area contributed by atoms with Crippen molar-refractivity contribution in [2.24, 2.45) is 11.8 Å². The number of ether oxygens (including phenoxy) is 3. The van der Waals surface area contributed by atoms with Gasteiger partial charge in [0, 0.05) is 19.4 Å². The first-order valence-corrected chi connectivity index (χ1v) is 8.34. The molecule has 2 unspecified atom stereocenters. The minimum atomic E-state index is -0.361. The zero-order chi connectivity index (χ0) is 15.1. The second-order valence-corrected chi connectivity index (χ2v) is 6.06. The van der Waals surface area contributed by atoms with Crippen molar-refractivity contribution >= 4 is 5.97 Å². The number of nitrogens with one attached hydrogen (secondary N) is 1. The quantitative estimate of drug-likeness (QED) is 0.730. The minimum Gasteiger partial charge on any atom is -0.466 e. The average Bonchev–Trinajstić information content (AvgIpc) is 2.91. The van der Waals surface area contributed by atoms with Crippen LogP contribution in [0.3, 0.4) is 0 Å². The molecule has 1 spiro atoms. The van der Waals surface area contributed by atoms with Crippen molar-refractivity contribution in [3.05, 3.63) is 0 Å². The van der Waals surface area contributed by atoms with Gasteiger partial charge < -0.3 is 19.5 Å². The summed E-state index contributed by atoms with van der Waals surface area (Å²) in [7, 11) is 0. The second kappa shape index (κ2) is 8.11. The summed E-state index contributed by atoms with van der Waals surface area (Å²) in [4.78, 5) is 12.1. The summed E-state index contributed by atoms with van der Waals surface area (Å²) in [5, 5.41) is 3.27. The van der Waals surface area contributed by atoms with Gasteiger partial charge in [0.25, 0.3) is 0 Å². The number of carbonyl (C=O) groups excluding carboxylic acids is 1. The Morgan fingerprint density at radius 3 is 2.81 bits per heavy atom. The molecule has 0 aromatic heterocycles. The van der Waals surface area contributed by atoms with Gasteiger partial charge in [0.2, 0.25) is 0 Å². The minimum absolute atomic E-state index is 0.0635. The van der Waals surface area contributed by atoms with E-state index in [2.05, 4.69) is 12.2 Å². The van der Waals surface area contributed by atoms with Crippen LogP contribution in [0.25, 0.3) is 0 Å². The predicted octanol–water partition coefficient (Wildman–Crippen LogP) is 2.10. The normalized spacial score (nSPS) is 25.9. The summed E-state index contributed by atoms with van der Waals surface area (Å²) < 4.78 is 16.9. The Kier molecular flexibility index (Phi) is 6.45. The molecule has 2 atom stereocenters. The van der Waals surface area contributed by atoms with E-state index in [1.165, 1.54) is 0 Å². The third kappa shape index (κ3) is 4.66. The van der Waals surface area contributed by atoms with Gasteiger partial charge >= 0.3 is 5.97 Å². The van der Waals surface area contributed by atoms with Gasteiger partial charge in [-0.1, -0.05) is 13.3 Å². The summed E-state index contributed by atoms with van der Waals surface area (Å²) in [5.74, 6) is -0.0250. The molecular formula is C16H29NO4. The van der Waals surface area contributed by atoms with E-state index < -0.39 is 0 Å². The number of carbonyl (C=O) groups is 1. The maximum absolute atomic E-state index is 12.1. The molecule has 5 nitrogen and oxygen atoms in total. The van der Waals surface area contributed by atoms with Crippen LogP contribution in [0.5, 0.6) is 0 Å². The summed E-state index contributed by atoms with van der Waals surface area (Å²) >= 11 is 0. The average molecular weight is 299 g/mol. The molecule has 21 heavy (non-hydrogen) atoms. The lowest BCUT2D eigenvalue weighted by Gasteiger charge is -2.37. The van der Waals surface area contributed by atoms with Gasteiger partial charge in [0.05, 0.1) is 25.7 Å². The largest absolute Gasteiger partial charge is 0.466 e. The molecule has 0 aromatic carbocycles. The molecule has 5 heteroatoms. The van der Waals surface area contributed by atoms with Crippen LogP contribution in [-0.2, 0) is 19.0 Å². The van der Waals surface area contributed by atoms with Crippen LogP contribution >= 0.6 is 0 Å². The Balaban J connectivity index is 1.90. The zero-order valence-electron chi connectivity index (χ0n) is 13.4. The van der Waals surface area contributed by atoms with Crippen LogP contribution in [0.4, 0.5) is 0 Å². The van der Waals surface area contributed by atoms with Crippen LogP contribution in [0.2, 0.25) is 0 Å². The lowest BCUT2D eigenvalue weighted by Crippen LogP contribution is -2.39. The fraction of sp³-hybridized carbons (Fsp3) is 0.938. The first-order chi connectivity index (χ1) is 10.2. The molecule has 0 aromatic rings. The van der Waals surface area contributed by atoms with Gasteiger partial charge in [-0.05, 0) is 32.2 Å². The summed E-state index contributed by atoms with van der Waals surface area (Å²) in [6.45, 7) is 7.33. The van der Waals surface area contributed by atoms with E-state index in [4.69, 9.17) is 14.2 Å². The van der Waals surface area contributed by atoms with E-state index in [-0.39, 0.29) is 17.7 Å². The van der Waals surface area contributed by atoms with Gasteiger partial charge in [0.15, 0.2) is 5.79 Å².